The number of nitrogens with one attached hydrogen (secondary N) is 4. The summed E-state index contributed by atoms with van der Waals surface area (Å²) >= 11 is 0. The van der Waals surface area contributed by atoms with Gasteiger partial charge in [-0.15, -0.1) is 0 Å². The molecule has 14 nitrogen and oxygen atoms in total. The molecule has 0 radical (unpaired) electrons. The van der Waals surface area contributed by atoms with Crippen LogP contribution in [0.2, 0.25) is 0 Å². The van der Waals surface area contributed by atoms with Gasteiger partial charge in [-0.05, 0) is 25.7 Å². The molecule has 0 saturated carbocycles. The fourth-order valence-corrected chi connectivity index (χ4v) is 3.50. The molecule has 1 saturated heterocycles. The summed E-state index contributed by atoms with van der Waals surface area (Å²) in [6, 6.07) is -4.36. The van der Waals surface area contributed by atoms with Gasteiger partial charge in [-0.2, -0.15) is 0 Å². The predicted molar refractivity (Wildman–Crippen MR) is 122 cm³/mol. The van der Waals surface area contributed by atoms with E-state index in [-0.39, 0.29) is 18.4 Å². The van der Waals surface area contributed by atoms with Crippen LogP contribution in [0.5, 0.6) is 0 Å². The van der Waals surface area contributed by atoms with Crippen LogP contribution in [-0.4, -0.2) is 101 Å². The highest BCUT2D eigenvalue weighted by molar-refractivity contribution is 5.95. The van der Waals surface area contributed by atoms with E-state index in [2.05, 4.69) is 21.3 Å². The zero-order valence-corrected chi connectivity index (χ0v) is 20.2. The zero-order chi connectivity index (χ0) is 26.7. The van der Waals surface area contributed by atoms with Gasteiger partial charge < -0.3 is 42.1 Å². The fraction of sp³-hybridized carbons (Fsp3) is 0.714. The van der Waals surface area contributed by atoms with Gasteiger partial charge in [0.05, 0.1) is 19.7 Å². The lowest BCUT2D eigenvalue weighted by molar-refractivity contribution is -0.142. The molecule has 0 spiro atoms. The zero-order valence-electron chi connectivity index (χ0n) is 20.2. The monoisotopic (exact) mass is 500 g/mol. The maximum Gasteiger partial charge on any atom is 0.325 e. The number of carboxylic acids is 1. The number of carbonyl (C=O) groups is 6. The smallest absolute Gasteiger partial charge is 0.325 e. The van der Waals surface area contributed by atoms with Crippen LogP contribution in [-0.2, 0) is 28.8 Å². The lowest BCUT2D eigenvalue weighted by Gasteiger charge is -2.28. The average molecular weight is 501 g/mol. The van der Waals surface area contributed by atoms with E-state index in [4.69, 9.17) is 10.8 Å². The summed E-state index contributed by atoms with van der Waals surface area (Å²) in [4.78, 5) is 74.1. The lowest BCUT2D eigenvalue weighted by Crippen LogP contribution is -2.57. The fourth-order valence-electron chi connectivity index (χ4n) is 3.50. The molecular weight excluding hydrogens is 464 g/mol. The Labute approximate surface area is 203 Å². The number of aliphatic carboxylic acids is 1. The highest BCUT2D eigenvalue weighted by Crippen LogP contribution is 2.18. The van der Waals surface area contributed by atoms with Gasteiger partial charge in [-0.1, -0.05) is 20.3 Å². The molecule has 0 unspecified atom stereocenters. The van der Waals surface area contributed by atoms with Gasteiger partial charge in [-0.3, -0.25) is 28.8 Å². The molecule has 0 aromatic rings. The van der Waals surface area contributed by atoms with Gasteiger partial charge in [0.2, 0.25) is 29.5 Å². The molecule has 0 aromatic carbocycles. The maximum atomic E-state index is 12.8. The normalized spacial score (nSPS) is 18.5. The van der Waals surface area contributed by atoms with E-state index in [0.29, 0.717) is 25.8 Å². The molecule has 0 bridgehead atoms. The maximum absolute atomic E-state index is 12.8. The number of hydrogen-bond donors (Lipinski definition) is 7. The van der Waals surface area contributed by atoms with Gasteiger partial charge in [0.25, 0.3) is 0 Å². The number of hydrogen-bond acceptors (Lipinski definition) is 8. The Morgan fingerprint density at radius 1 is 1.06 bits per heavy atom. The first-order chi connectivity index (χ1) is 16.5. The van der Waals surface area contributed by atoms with E-state index >= 15 is 0 Å². The summed E-state index contributed by atoms with van der Waals surface area (Å²) < 4.78 is 0. The average Bonchev–Trinajstić information content (AvgIpc) is 3.33. The van der Waals surface area contributed by atoms with Crippen molar-refractivity contribution in [3.05, 3.63) is 0 Å². The molecule has 0 aromatic heterocycles. The molecule has 1 fully saturated rings. The molecule has 1 heterocycles. The summed E-state index contributed by atoms with van der Waals surface area (Å²) in [5.74, 6) is -4.78. The SMILES string of the molecule is CC[C@H](C)[C@H](NC(=O)[C@@H]1CCCN1C(=O)CN)C(=O)NCC(=O)N[C@@H](CO)C(=O)N[C@@H](C)C(=O)O. The van der Waals surface area contributed by atoms with Gasteiger partial charge in [-0.25, -0.2) is 0 Å². The van der Waals surface area contributed by atoms with E-state index in [1.165, 1.54) is 11.8 Å². The molecule has 1 aliphatic rings. The lowest BCUT2D eigenvalue weighted by atomic mass is 9.97. The molecule has 0 aliphatic carbocycles. The summed E-state index contributed by atoms with van der Waals surface area (Å²) in [6.07, 6.45) is 1.62. The van der Waals surface area contributed by atoms with E-state index in [1.54, 1.807) is 6.92 Å². The first-order valence-corrected chi connectivity index (χ1v) is 11.5. The summed E-state index contributed by atoms with van der Waals surface area (Å²) in [7, 11) is 0. The van der Waals surface area contributed by atoms with E-state index in [1.807, 2.05) is 6.92 Å². The van der Waals surface area contributed by atoms with Gasteiger partial charge >= 0.3 is 5.97 Å². The Kier molecular flexibility index (Phi) is 12.1. The first kappa shape index (κ1) is 29.8. The van der Waals surface area contributed by atoms with Crippen LogP contribution >= 0.6 is 0 Å². The van der Waals surface area contributed by atoms with Crippen molar-refractivity contribution in [1.82, 2.24) is 26.2 Å². The number of nitrogens with two attached hydrogens (primary N) is 1. The highest BCUT2D eigenvalue weighted by atomic mass is 16.4. The van der Waals surface area contributed by atoms with Crippen molar-refractivity contribution in [2.45, 2.75) is 64.2 Å². The molecule has 5 atom stereocenters. The summed E-state index contributed by atoms with van der Waals surface area (Å²) in [6.45, 7) is 3.63. The Morgan fingerprint density at radius 2 is 1.71 bits per heavy atom. The van der Waals surface area contributed by atoms with Gasteiger partial charge in [0, 0.05) is 6.54 Å². The Morgan fingerprint density at radius 3 is 2.26 bits per heavy atom. The number of likely N-dealkylation sites (tertiary alicyclic amines) is 1. The quantitative estimate of drug-likeness (QED) is 0.134. The minimum absolute atomic E-state index is 0.226. The van der Waals surface area contributed by atoms with Crippen molar-refractivity contribution in [3.8, 4) is 0 Å². The van der Waals surface area contributed by atoms with Crippen molar-refractivity contribution in [3.63, 3.8) is 0 Å². The van der Waals surface area contributed by atoms with Crippen LogP contribution in [0.4, 0.5) is 0 Å². The van der Waals surface area contributed by atoms with Crippen LogP contribution in [0.3, 0.4) is 0 Å². The second kappa shape index (κ2) is 14.2. The number of rotatable bonds is 13. The van der Waals surface area contributed by atoms with Crippen molar-refractivity contribution in [1.29, 1.82) is 0 Å². The van der Waals surface area contributed by atoms with Crippen LogP contribution in [0.15, 0.2) is 0 Å². The van der Waals surface area contributed by atoms with Crippen molar-refractivity contribution < 1.29 is 39.0 Å². The second-order valence-electron chi connectivity index (χ2n) is 8.41. The number of amides is 5. The van der Waals surface area contributed by atoms with E-state index < -0.39 is 66.9 Å². The number of aliphatic hydroxyl groups excluding tert-OH is 1. The Hall–Kier alpha value is -3.26. The van der Waals surface area contributed by atoms with Crippen LogP contribution in [0.25, 0.3) is 0 Å². The number of carbonyl (C=O) groups excluding carboxylic acids is 5. The first-order valence-electron chi connectivity index (χ1n) is 11.5. The predicted octanol–water partition coefficient (Wildman–Crippen LogP) is -3.35. The highest BCUT2D eigenvalue weighted by Gasteiger charge is 2.36. The largest absolute Gasteiger partial charge is 0.480 e. The third-order valence-corrected chi connectivity index (χ3v) is 5.83. The molecule has 1 rings (SSSR count). The molecule has 198 valence electrons. The topological polar surface area (TPSA) is 220 Å². The summed E-state index contributed by atoms with van der Waals surface area (Å²) in [5, 5.41) is 27.6. The third-order valence-electron chi connectivity index (χ3n) is 5.83. The number of nitrogens with zero attached hydrogens (tertiary/aromatic N) is 1. The van der Waals surface area contributed by atoms with Crippen LogP contribution in [0.1, 0.15) is 40.0 Å². The van der Waals surface area contributed by atoms with Crippen LogP contribution in [0, 0.1) is 5.92 Å². The molecule has 14 heteroatoms. The molecule has 35 heavy (non-hydrogen) atoms. The van der Waals surface area contributed by atoms with E-state index in [9.17, 15) is 33.9 Å². The van der Waals surface area contributed by atoms with E-state index in [0.717, 1.165) is 0 Å². The minimum atomic E-state index is -1.42. The molecule has 8 N–H and O–H groups in total. The van der Waals surface area contributed by atoms with Gasteiger partial charge in [0.1, 0.15) is 24.2 Å². The number of aliphatic hydroxyl groups is 1. The standard InChI is InChI=1S/C21H36N6O8/c1-4-11(2)17(26-19(32)14-6-5-7-27(14)16(30)8-22)20(33)23-9-15(29)25-13(10-28)18(31)24-12(3)21(34)35/h11-14,17,28H,4-10,22H2,1-3H3,(H,23,33)(H,24,31)(H,25,29)(H,26,32)(H,34,35)/t11-,12-,13-,14-,17-/m0/s1. The van der Waals surface area contributed by atoms with Crippen molar-refractivity contribution >= 4 is 35.5 Å². The molecule has 5 amide bonds. The summed E-state index contributed by atoms with van der Waals surface area (Å²) in [5.41, 5.74) is 5.41. The Balaban J connectivity index is 2.73. The Bertz CT molecular complexity index is 807. The molecule has 1 aliphatic heterocycles. The number of carboxylic acid groups (broad SMARTS) is 1. The third kappa shape index (κ3) is 8.79. The van der Waals surface area contributed by atoms with Gasteiger partial charge in [0.15, 0.2) is 0 Å². The molecular formula is C21H36N6O8. The van der Waals surface area contributed by atoms with Crippen molar-refractivity contribution in [2.24, 2.45) is 11.7 Å². The minimum Gasteiger partial charge on any atom is -0.480 e. The second-order valence-corrected chi connectivity index (χ2v) is 8.41. The van der Waals surface area contributed by atoms with Crippen molar-refractivity contribution in [2.75, 3.05) is 26.2 Å². The van der Waals surface area contributed by atoms with Crippen LogP contribution < -0.4 is 27.0 Å².